The van der Waals surface area contributed by atoms with Crippen molar-refractivity contribution in [1.29, 1.82) is 0 Å². The van der Waals surface area contributed by atoms with Crippen LogP contribution in [-0.2, 0) is 11.0 Å². The van der Waals surface area contributed by atoms with Gasteiger partial charge in [-0.1, -0.05) is 36.4 Å². The fraction of sp³-hybridized carbons (Fsp3) is 0.200. The van der Waals surface area contributed by atoms with Crippen LogP contribution in [0.2, 0.25) is 0 Å². The maximum absolute atomic E-state index is 14.2. The number of rotatable bonds is 10. The SMILES string of the molecule is CN(C)C(=O)CC(CSc1ccccc1)Nc1c(C(=O)N/N=C/c2ccc(F)cc2)cnc2cccc(C(F)(F)F)c12. The number of pyridine rings is 1. The number of fused-ring (bicyclic) bond motifs is 1. The highest BCUT2D eigenvalue weighted by molar-refractivity contribution is 7.99. The Hall–Kier alpha value is -4.45. The minimum Gasteiger partial charge on any atom is -0.380 e. The number of aromatic nitrogens is 1. The number of nitrogens with one attached hydrogen (secondary N) is 2. The molecule has 0 aliphatic carbocycles. The highest BCUT2D eigenvalue weighted by Gasteiger charge is 2.35. The van der Waals surface area contributed by atoms with Crippen LogP contribution in [0.4, 0.5) is 23.2 Å². The second kappa shape index (κ2) is 13.5. The van der Waals surface area contributed by atoms with Crippen LogP contribution in [0.1, 0.15) is 27.9 Å². The summed E-state index contributed by atoms with van der Waals surface area (Å²) in [5.74, 6) is -1.20. The molecule has 0 radical (unpaired) electrons. The quantitative estimate of drug-likeness (QED) is 0.0983. The number of carbonyl (C=O) groups is 2. The molecule has 0 bridgehead atoms. The van der Waals surface area contributed by atoms with Crippen molar-refractivity contribution in [3.63, 3.8) is 0 Å². The van der Waals surface area contributed by atoms with Crippen molar-refractivity contribution in [2.75, 3.05) is 25.2 Å². The molecule has 2 amide bonds. The molecule has 218 valence electrons. The summed E-state index contributed by atoms with van der Waals surface area (Å²) in [5.41, 5.74) is 1.53. The monoisotopic (exact) mass is 597 g/mol. The molecule has 42 heavy (non-hydrogen) atoms. The first-order valence-corrected chi connectivity index (χ1v) is 13.7. The van der Waals surface area contributed by atoms with Crippen LogP contribution in [0.5, 0.6) is 0 Å². The van der Waals surface area contributed by atoms with E-state index in [0.29, 0.717) is 11.3 Å². The Morgan fingerprint density at radius 1 is 1.02 bits per heavy atom. The normalized spacial score (nSPS) is 12.3. The van der Waals surface area contributed by atoms with Crippen LogP contribution in [0.3, 0.4) is 0 Å². The molecule has 1 unspecified atom stereocenters. The number of hydrogen-bond acceptors (Lipinski definition) is 6. The van der Waals surface area contributed by atoms with E-state index in [9.17, 15) is 27.2 Å². The van der Waals surface area contributed by atoms with E-state index in [1.165, 1.54) is 65.5 Å². The third kappa shape index (κ3) is 7.84. The third-order valence-electron chi connectivity index (χ3n) is 6.16. The minimum absolute atomic E-state index is 0.0205. The van der Waals surface area contributed by atoms with E-state index in [2.05, 4.69) is 20.8 Å². The van der Waals surface area contributed by atoms with Crippen LogP contribution < -0.4 is 10.7 Å². The maximum atomic E-state index is 14.2. The molecule has 3 aromatic carbocycles. The second-order valence-corrected chi connectivity index (χ2v) is 10.5. The topological polar surface area (TPSA) is 86.7 Å². The van der Waals surface area contributed by atoms with Gasteiger partial charge >= 0.3 is 6.18 Å². The Balaban J connectivity index is 1.75. The Kier molecular flexibility index (Phi) is 9.79. The molecule has 1 aromatic heterocycles. The zero-order chi connectivity index (χ0) is 30.3. The van der Waals surface area contributed by atoms with Crippen LogP contribution in [0.25, 0.3) is 10.9 Å². The van der Waals surface area contributed by atoms with E-state index in [0.717, 1.165) is 11.0 Å². The maximum Gasteiger partial charge on any atom is 0.417 e. The van der Waals surface area contributed by atoms with Crippen molar-refractivity contribution < 1.29 is 27.2 Å². The van der Waals surface area contributed by atoms with Gasteiger partial charge in [-0.2, -0.15) is 18.3 Å². The lowest BCUT2D eigenvalue weighted by Gasteiger charge is -2.24. The minimum atomic E-state index is -4.75. The van der Waals surface area contributed by atoms with Gasteiger partial charge in [0.25, 0.3) is 5.91 Å². The van der Waals surface area contributed by atoms with Gasteiger partial charge in [0, 0.05) is 48.8 Å². The molecule has 1 atom stereocenters. The summed E-state index contributed by atoms with van der Waals surface area (Å²) in [7, 11) is 3.18. The number of hydrazone groups is 1. The number of benzene rings is 3. The standard InChI is InChI=1S/C30H27F4N5O2S/c1-39(2)26(40)15-21(18-42-22-7-4-3-5-8-22)37-28-23(29(41)38-36-16-19-11-13-20(31)14-12-19)17-35-25-10-6-9-24(27(25)28)30(32,33)34/h3-14,16-17,21H,15,18H2,1-2H3,(H,35,37)(H,38,41)/b36-16+. The van der Waals surface area contributed by atoms with Gasteiger partial charge < -0.3 is 10.2 Å². The number of anilines is 1. The molecule has 12 heteroatoms. The van der Waals surface area contributed by atoms with Crippen molar-refractivity contribution in [2.24, 2.45) is 5.10 Å². The molecule has 4 aromatic rings. The Labute approximate surface area is 244 Å². The number of nitrogens with zero attached hydrogens (tertiary/aromatic N) is 3. The van der Waals surface area contributed by atoms with Crippen LogP contribution in [0.15, 0.2) is 89.0 Å². The molecule has 0 spiro atoms. The van der Waals surface area contributed by atoms with E-state index in [4.69, 9.17) is 0 Å². The summed E-state index contributed by atoms with van der Waals surface area (Å²) in [5, 5.41) is 6.67. The summed E-state index contributed by atoms with van der Waals surface area (Å²) >= 11 is 1.42. The molecule has 0 aliphatic heterocycles. The Bertz CT molecular complexity index is 1580. The van der Waals surface area contributed by atoms with Crippen LogP contribution in [0, 0.1) is 5.82 Å². The average molecular weight is 598 g/mol. The highest BCUT2D eigenvalue weighted by atomic mass is 32.2. The molecule has 0 saturated carbocycles. The molecule has 7 nitrogen and oxygen atoms in total. The number of carbonyl (C=O) groups excluding carboxylic acids is 2. The predicted molar refractivity (Wildman–Crippen MR) is 156 cm³/mol. The lowest BCUT2D eigenvalue weighted by Crippen LogP contribution is -2.33. The van der Waals surface area contributed by atoms with Crippen molar-refractivity contribution in [2.45, 2.75) is 23.5 Å². The third-order valence-corrected chi connectivity index (χ3v) is 7.33. The summed E-state index contributed by atoms with van der Waals surface area (Å²) in [4.78, 5) is 32.4. The highest BCUT2D eigenvalue weighted by Crippen LogP contribution is 2.39. The van der Waals surface area contributed by atoms with Gasteiger partial charge in [-0.3, -0.25) is 14.6 Å². The van der Waals surface area contributed by atoms with Gasteiger partial charge in [0.1, 0.15) is 5.82 Å². The summed E-state index contributed by atoms with van der Waals surface area (Å²) in [6.07, 6.45) is -2.35. The smallest absolute Gasteiger partial charge is 0.380 e. The first kappa shape index (κ1) is 30.5. The zero-order valence-corrected chi connectivity index (χ0v) is 23.5. The molecule has 0 saturated heterocycles. The number of hydrogen-bond donors (Lipinski definition) is 2. The van der Waals surface area contributed by atoms with E-state index in [1.54, 1.807) is 14.1 Å². The van der Waals surface area contributed by atoms with Crippen molar-refractivity contribution in [3.05, 3.63) is 102 Å². The van der Waals surface area contributed by atoms with E-state index >= 15 is 0 Å². The van der Waals surface area contributed by atoms with Gasteiger partial charge in [-0.05, 0) is 42.0 Å². The van der Waals surface area contributed by atoms with Crippen LogP contribution in [-0.4, -0.2) is 53.8 Å². The summed E-state index contributed by atoms with van der Waals surface area (Å²) < 4.78 is 55.8. The van der Waals surface area contributed by atoms with Crippen molar-refractivity contribution in [1.82, 2.24) is 15.3 Å². The lowest BCUT2D eigenvalue weighted by atomic mass is 10.0. The second-order valence-electron chi connectivity index (χ2n) is 9.45. The van der Waals surface area contributed by atoms with Crippen LogP contribution >= 0.6 is 11.8 Å². The molecule has 2 N–H and O–H groups in total. The number of alkyl halides is 3. The summed E-state index contributed by atoms with van der Waals surface area (Å²) in [6.45, 7) is 0. The van der Waals surface area contributed by atoms with E-state index in [-0.39, 0.29) is 34.5 Å². The van der Waals surface area contributed by atoms with Gasteiger partial charge in [0.2, 0.25) is 5.91 Å². The predicted octanol–water partition coefficient (Wildman–Crippen LogP) is 6.21. The van der Waals surface area contributed by atoms with Crippen molar-refractivity contribution >= 4 is 46.4 Å². The fourth-order valence-corrected chi connectivity index (χ4v) is 4.98. The average Bonchev–Trinajstić information content (AvgIpc) is 2.96. The number of amides is 2. The first-order chi connectivity index (χ1) is 20.0. The van der Waals surface area contributed by atoms with Gasteiger partial charge in [-0.15, -0.1) is 11.8 Å². The van der Waals surface area contributed by atoms with Crippen molar-refractivity contribution in [3.8, 4) is 0 Å². The lowest BCUT2D eigenvalue weighted by molar-refractivity contribution is -0.136. The molecule has 0 fully saturated rings. The largest absolute Gasteiger partial charge is 0.417 e. The number of thioether (sulfide) groups is 1. The van der Waals surface area contributed by atoms with E-state index in [1.807, 2.05) is 30.3 Å². The number of halogens is 4. The zero-order valence-electron chi connectivity index (χ0n) is 22.7. The van der Waals surface area contributed by atoms with E-state index < -0.39 is 29.5 Å². The Morgan fingerprint density at radius 3 is 2.40 bits per heavy atom. The fourth-order valence-electron chi connectivity index (χ4n) is 4.04. The molecule has 1 heterocycles. The molecular formula is C30H27F4N5O2S. The molecule has 4 rings (SSSR count). The first-order valence-electron chi connectivity index (χ1n) is 12.8. The van der Waals surface area contributed by atoms with Gasteiger partial charge in [-0.25, -0.2) is 9.82 Å². The molecule has 0 aliphatic rings. The Morgan fingerprint density at radius 2 is 1.74 bits per heavy atom. The van der Waals surface area contributed by atoms with Gasteiger partial charge in [0.05, 0.1) is 28.5 Å². The molecular weight excluding hydrogens is 570 g/mol. The summed E-state index contributed by atoms with van der Waals surface area (Å²) in [6, 6.07) is 17.6. The van der Waals surface area contributed by atoms with Gasteiger partial charge in [0.15, 0.2) is 0 Å².